The summed E-state index contributed by atoms with van der Waals surface area (Å²) < 4.78 is 34.6. The Morgan fingerprint density at radius 3 is 1.25 bits per heavy atom. The normalized spacial score (nSPS) is 13.7. The molecule has 2 atom stereocenters. The molecule has 0 aliphatic heterocycles. The van der Waals surface area contributed by atoms with Crippen LogP contribution in [0, 0.1) is 0 Å². The van der Waals surface area contributed by atoms with Crippen molar-refractivity contribution in [3.63, 3.8) is 0 Å². The van der Waals surface area contributed by atoms with Crippen LogP contribution in [0.4, 0.5) is 0 Å². The van der Waals surface area contributed by atoms with Crippen molar-refractivity contribution in [3.05, 3.63) is 0 Å². The van der Waals surface area contributed by atoms with Gasteiger partial charge in [0.2, 0.25) is 0 Å². The fourth-order valence-corrected chi connectivity index (χ4v) is 7.34. The topological polar surface area (TPSA) is 94.1 Å². The molecule has 0 aliphatic rings. The molecule has 8 nitrogen and oxygen atoms in total. The summed E-state index contributed by atoms with van der Waals surface area (Å²) in [6.45, 7) is 5.47. The van der Waals surface area contributed by atoms with E-state index in [2.05, 4.69) is 13.8 Å². The number of likely N-dealkylation sites (N-methyl/N-ethyl adjacent to an activating group) is 1. The molecule has 0 N–H and O–H groups in total. The lowest BCUT2D eigenvalue weighted by atomic mass is 10.0. The number of unbranched alkanes of at least 4 members (excludes halogenated alkanes) is 29. The zero-order valence-corrected chi connectivity index (χ0v) is 36.9. The molecule has 0 aromatic rings. The number of carbonyl (C=O) groups is 1. The molecule has 0 bridgehead atoms. The van der Waals surface area contributed by atoms with Crippen molar-refractivity contribution in [3.8, 4) is 0 Å². The van der Waals surface area contributed by atoms with Crippen molar-refractivity contribution < 1.29 is 37.3 Å². The highest BCUT2D eigenvalue weighted by atomic mass is 31.2. The van der Waals surface area contributed by atoms with Crippen molar-refractivity contribution in [2.75, 3.05) is 54.1 Å². The van der Waals surface area contributed by atoms with Gasteiger partial charge in [-0.05, 0) is 12.8 Å². The van der Waals surface area contributed by atoms with E-state index in [-0.39, 0.29) is 25.8 Å². The van der Waals surface area contributed by atoms with E-state index >= 15 is 0 Å². The van der Waals surface area contributed by atoms with Gasteiger partial charge in [0.15, 0.2) is 0 Å². The summed E-state index contributed by atoms with van der Waals surface area (Å²) in [6.07, 6.45) is 39.6. The molecule has 9 heteroatoms. The van der Waals surface area contributed by atoms with Gasteiger partial charge in [-0.15, -0.1) is 0 Å². The number of hydrogen-bond donors (Lipinski definition) is 0. The maximum Gasteiger partial charge on any atom is 0.306 e. The van der Waals surface area contributed by atoms with Gasteiger partial charge in [-0.25, -0.2) is 0 Å². The first kappa shape index (κ1) is 52.5. The molecule has 0 rings (SSSR count). The third-order valence-electron chi connectivity index (χ3n) is 10.2. The van der Waals surface area contributed by atoms with Crippen LogP contribution in [0.15, 0.2) is 0 Å². The maximum absolute atomic E-state index is 12.7. The van der Waals surface area contributed by atoms with Crippen LogP contribution >= 0.6 is 7.82 Å². The number of esters is 1. The predicted octanol–water partition coefficient (Wildman–Crippen LogP) is 12.6. The van der Waals surface area contributed by atoms with Gasteiger partial charge < -0.3 is 27.9 Å². The molecule has 0 aliphatic carbocycles. The van der Waals surface area contributed by atoms with E-state index in [1.54, 1.807) is 0 Å². The monoisotopic (exact) mass is 776 g/mol. The third kappa shape index (κ3) is 42.5. The van der Waals surface area contributed by atoms with Gasteiger partial charge in [0, 0.05) is 13.0 Å². The smallest absolute Gasteiger partial charge is 0.306 e. The van der Waals surface area contributed by atoms with Crippen molar-refractivity contribution in [1.82, 2.24) is 0 Å². The summed E-state index contributed by atoms with van der Waals surface area (Å²) in [5.74, 6) is -0.328. The Labute approximate surface area is 329 Å². The van der Waals surface area contributed by atoms with E-state index < -0.39 is 13.9 Å². The summed E-state index contributed by atoms with van der Waals surface area (Å²) in [5, 5.41) is 0. The van der Waals surface area contributed by atoms with E-state index in [0.717, 1.165) is 32.1 Å². The van der Waals surface area contributed by atoms with Gasteiger partial charge >= 0.3 is 5.97 Å². The number of phosphoric acid groups is 1. The lowest BCUT2D eigenvalue weighted by Gasteiger charge is -2.28. The number of rotatable bonds is 43. The second-order valence-corrected chi connectivity index (χ2v) is 18.2. The van der Waals surface area contributed by atoms with E-state index in [1.807, 2.05) is 21.1 Å². The molecule has 0 fully saturated rings. The van der Waals surface area contributed by atoms with Crippen LogP contribution in [0.2, 0.25) is 0 Å². The second kappa shape index (κ2) is 38.4. The highest BCUT2D eigenvalue weighted by molar-refractivity contribution is 7.45. The highest BCUT2D eigenvalue weighted by Crippen LogP contribution is 2.38. The number of hydrogen-bond acceptors (Lipinski definition) is 7. The Morgan fingerprint density at radius 1 is 0.509 bits per heavy atom. The van der Waals surface area contributed by atoms with Crippen LogP contribution < -0.4 is 4.89 Å². The molecule has 1 unspecified atom stereocenters. The van der Waals surface area contributed by atoms with Crippen LogP contribution in [0.25, 0.3) is 0 Å². The molecule has 0 saturated heterocycles. The third-order valence-corrected chi connectivity index (χ3v) is 11.1. The number of carbonyl (C=O) groups excluding carboxylic acids is 1. The number of quaternary nitrogens is 1. The fourth-order valence-electron chi connectivity index (χ4n) is 6.61. The Kier molecular flexibility index (Phi) is 38.0. The lowest BCUT2D eigenvalue weighted by Crippen LogP contribution is -2.37. The summed E-state index contributed by atoms with van der Waals surface area (Å²) >= 11 is 0. The Bertz CT molecular complexity index is 822. The van der Waals surface area contributed by atoms with Crippen LogP contribution in [0.3, 0.4) is 0 Å². The Morgan fingerprint density at radius 2 is 0.868 bits per heavy atom. The van der Waals surface area contributed by atoms with E-state index in [0.29, 0.717) is 24.1 Å². The SMILES string of the molecule is CCCCCCCCCCCCCCCCCCOC[C@@H](COP(=O)([O-])OCC[N+](C)(C)C)OC(=O)CCCCCCCCCCCCCCCCC. The first-order chi connectivity index (χ1) is 25.6. The molecular weight excluding hydrogens is 685 g/mol. The Hall–Kier alpha value is -0.500. The first-order valence-electron chi connectivity index (χ1n) is 22.8. The van der Waals surface area contributed by atoms with Crippen molar-refractivity contribution in [2.45, 2.75) is 225 Å². The number of ether oxygens (including phenoxy) is 2. The standard InChI is InChI=1S/C44H90NO7P/c1-6-8-10-12-14-16-18-20-22-24-26-28-30-32-34-36-39-49-41-43(42-51-53(47,48)50-40-38-45(3,4)5)52-44(46)37-35-33-31-29-27-25-23-21-19-17-15-13-11-9-7-2/h43H,6-42H2,1-5H3/t43-/m0/s1. The molecule has 0 amide bonds. The second-order valence-electron chi connectivity index (χ2n) is 16.8. The Balaban J connectivity index is 4.17. The maximum atomic E-state index is 12.7. The summed E-state index contributed by atoms with van der Waals surface area (Å²) in [6, 6.07) is 0. The fraction of sp³-hybridized carbons (Fsp3) is 0.977. The molecule has 0 saturated carbocycles. The van der Waals surface area contributed by atoms with Gasteiger partial charge in [0.25, 0.3) is 7.82 Å². The highest BCUT2D eigenvalue weighted by Gasteiger charge is 2.20. The first-order valence-corrected chi connectivity index (χ1v) is 24.2. The zero-order chi connectivity index (χ0) is 39.1. The van der Waals surface area contributed by atoms with Crippen LogP contribution in [-0.4, -0.2) is 70.7 Å². The zero-order valence-electron chi connectivity index (χ0n) is 36.0. The van der Waals surface area contributed by atoms with Crippen LogP contribution in [-0.2, 0) is 27.9 Å². The molecule has 318 valence electrons. The number of phosphoric ester groups is 1. The molecule has 0 radical (unpaired) electrons. The van der Waals surface area contributed by atoms with Gasteiger partial charge in [-0.1, -0.05) is 200 Å². The molecule has 0 aromatic carbocycles. The summed E-state index contributed by atoms with van der Waals surface area (Å²) in [4.78, 5) is 25.0. The largest absolute Gasteiger partial charge is 0.756 e. The molecule has 0 heterocycles. The average Bonchev–Trinajstić information content (AvgIpc) is 3.11. The van der Waals surface area contributed by atoms with E-state index in [1.165, 1.54) is 167 Å². The molecule has 53 heavy (non-hydrogen) atoms. The number of nitrogens with zero attached hydrogens (tertiary/aromatic N) is 1. The molecule has 0 spiro atoms. The quantitative estimate of drug-likeness (QED) is 0.0263. The van der Waals surface area contributed by atoms with Gasteiger partial charge in [0.05, 0.1) is 34.4 Å². The van der Waals surface area contributed by atoms with Gasteiger partial charge in [0.1, 0.15) is 19.3 Å². The van der Waals surface area contributed by atoms with Crippen molar-refractivity contribution in [2.24, 2.45) is 0 Å². The van der Waals surface area contributed by atoms with Crippen molar-refractivity contribution in [1.29, 1.82) is 0 Å². The van der Waals surface area contributed by atoms with Crippen molar-refractivity contribution >= 4 is 13.8 Å². The van der Waals surface area contributed by atoms with Gasteiger partial charge in [-0.2, -0.15) is 0 Å². The average molecular weight is 776 g/mol. The minimum atomic E-state index is -4.51. The molecule has 0 aromatic heterocycles. The predicted molar refractivity (Wildman–Crippen MR) is 222 cm³/mol. The lowest BCUT2D eigenvalue weighted by molar-refractivity contribution is -0.870. The van der Waals surface area contributed by atoms with Gasteiger partial charge in [-0.3, -0.25) is 9.36 Å². The minimum Gasteiger partial charge on any atom is -0.756 e. The van der Waals surface area contributed by atoms with Crippen LogP contribution in [0.1, 0.15) is 219 Å². The van der Waals surface area contributed by atoms with Crippen LogP contribution in [0.5, 0.6) is 0 Å². The molecular formula is C44H90NO7P. The summed E-state index contributed by atoms with van der Waals surface area (Å²) in [7, 11) is 1.37. The summed E-state index contributed by atoms with van der Waals surface area (Å²) in [5.41, 5.74) is 0. The minimum absolute atomic E-state index is 0.0314. The van der Waals surface area contributed by atoms with E-state index in [9.17, 15) is 14.3 Å². The van der Waals surface area contributed by atoms with E-state index in [4.69, 9.17) is 18.5 Å².